The van der Waals surface area contributed by atoms with Crippen LogP contribution >= 0.6 is 0 Å². The number of nitrogens with one attached hydrogen (secondary N) is 1. The first kappa shape index (κ1) is 18.8. The molecule has 0 saturated carbocycles. The molecule has 0 aliphatic carbocycles. The molecule has 3 nitrogen and oxygen atoms in total. The van der Waals surface area contributed by atoms with Gasteiger partial charge in [-0.2, -0.15) is 13.2 Å². The fourth-order valence-corrected chi connectivity index (χ4v) is 4.84. The molecule has 0 bridgehead atoms. The van der Waals surface area contributed by atoms with E-state index in [1.54, 1.807) is 0 Å². The minimum atomic E-state index is -4.86. The number of carbonyl (C=O) groups excluding carboxylic acids is 1. The van der Waals surface area contributed by atoms with Crippen molar-refractivity contribution in [1.82, 2.24) is 5.32 Å². The SMILES string of the molecule is C[C@@H]1c2ccccc2[C@H]2C[C@H](NC(=O)C(F)(F)F)C[C@H](C)N2c2ccccc21. The van der Waals surface area contributed by atoms with Gasteiger partial charge in [-0.15, -0.1) is 0 Å². The highest BCUT2D eigenvalue weighted by molar-refractivity contribution is 5.82. The fourth-order valence-electron chi connectivity index (χ4n) is 4.84. The molecule has 1 amide bonds. The van der Waals surface area contributed by atoms with Crippen molar-refractivity contribution in [3.05, 3.63) is 65.2 Å². The molecule has 2 aromatic carbocycles. The molecule has 0 spiro atoms. The van der Waals surface area contributed by atoms with Gasteiger partial charge >= 0.3 is 12.1 Å². The van der Waals surface area contributed by atoms with Crippen LogP contribution in [0.1, 0.15) is 55.3 Å². The number of anilines is 1. The molecule has 148 valence electrons. The summed E-state index contributed by atoms with van der Waals surface area (Å²) in [4.78, 5) is 13.8. The predicted molar refractivity (Wildman–Crippen MR) is 102 cm³/mol. The van der Waals surface area contributed by atoms with Crippen LogP contribution in [0.4, 0.5) is 18.9 Å². The van der Waals surface area contributed by atoms with Gasteiger partial charge in [-0.1, -0.05) is 49.4 Å². The largest absolute Gasteiger partial charge is 0.471 e. The van der Waals surface area contributed by atoms with E-state index < -0.39 is 18.1 Å². The lowest BCUT2D eigenvalue weighted by Crippen LogP contribution is -2.52. The first-order chi connectivity index (χ1) is 13.3. The second kappa shape index (κ2) is 6.83. The Labute approximate surface area is 162 Å². The summed E-state index contributed by atoms with van der Waals surface area (Å²) < 4.78 is 38.3. The molecule has 0 radical (unpaired) electrons. The summed E-state index contributed by atoms with van der Waals surface area (Å²) in [7, 11) is 0. The number of hydrogen-bond donors (Lipinski definition) is 1. The summed E-state index contributed by atoms with van der Waals surface area (Å²) in [6.45, 7) is 4.19. The van der Waals surface area contributed by atoms with Gasteiger partial charge in [-0.3, -0.25) is 4.79 Å². The Morgan fingerprint density at radius 1 is 0.964 bits per heavy atom. The molecule has 1 fully saturated rings. The van der Waals surface area contributed by atoms with E-state index in [2.05, 4.69) is 41.4 Å². The van der Waals surface area contributed by atoms with Crippen LogP contribution in [0.15, 0.2) is 48.5 Å². The second-order valence-corrected chi connectivity index (χ2v) is 7.82. The molecule has 28 heavy (non-hydrogen) atoms. The highest BCUT2D eigenvalue weighted by Crippen LogP contribution is 2.48. The van der Waals surface area contributed by atoms with Gasteiger partial charge < -0.3 is 10.2 Å². The molecule has 4 rings (SSSR count). The highest BCUT2D eigenvalue weighted by atomic mass is 19.4. The van der Waals surface area contributed by atoms with Crippen LogP contribution in [-0.2, 0) is 4.79 Å². The van der Waals surface area contributed by atoms with Crippen LogP contribution in [0.2, 0.25) is 0 Å². The minimum Gasteiger partial charge on any atom is -0.361 e. The lowest BCUT2D eigenvalue weighted by atomic mass is 9.84. The second-order valence-electron chi connectivity index (χ2n) is 7.82. The smallest absolute Gasteiger partial charge is 0.361 e. The van der Waals surface area contributed by atoms with E-state index in [-0.39, 0.29) is 18.0 Å². The summed E-state index contributed by atoms with van der Waals surface area (Å²) in [5.74, 6) is -1.66. The maximum atomic E-state index is 12.8. The molecule has 2 aromatic rings. The monoisotopic (exact) mass is 388 g/mol. The van der Waals surface area contributed by atoms with E-state index in [4.69, 9.17) is 0 Å². The van der Waals surface area contributed by atoms with Crippen LogP contribution in [-0.4, -0.2) is 24.2 Å². The molecule has 0 unspecified atom stereocenters. The number of fused-ring (bicyclic) bond motifs is 5. The summed E-state index contributed by atoms with van der Waals surface area (Å²) in [5.41, 5.74) is 4.67. The Bertz CT molecular complexity index is 895. The molecule has 0 aromatic heterocycles. The molecule has 4 atom stereocenters. The molecule has 1 N–H and O–H groups in total. The quantitative estimate of drug-likeness (QED) is 0.751. The summed E-state index contributed by atoms with van der Waals surface area (Å²) in [6, 6.07) is 15.8. The summed E-state index contributed by atoms with van der Waals surface area (Å²) >= 11 is 0. The van der Waals surface area contributed by atoms with E-state index >= 15 is 0 Å². The zero-order chi connectivity index (χ0) is 20.1. The van der Waals surface area contributed by atoms with Crippen LogP contribution < -0.4 is 10.2 Å². The van der Waals surface area contributed by atoms with Gasteiger partial charge in [0, 0.05) is 23.7 Å². The molecular formula is C22H23F3N2O. The van der Waals surface area contributed by atoms with Crippen molar-refractivity contribution in [1.29, 1.82) is 0 Å². The number of para-hydroxylation sites is 1. The van der Waals surface area contributed by atoms with E-state index in [1.165, 1.54) is 11.1 Å². The minimum absolute atomic E-state index is 0.00297. The Morgan fingerprint density at radius 3 is 2.25 bits per heavy atom. The van der Waals surface area contributed by atoms with Crippen molar-refractivity contribution in [2.45, 2.75) is 56.9 Å². The molecular weight excluding hydrogens is 365 g/mol. The van der Waals surface area contributed by atoms with Gasteiger partial charge in [0.2, 0.25) is 0 Å². The normalized spacial score (nSPS) is 26.5. The van der Waals surface area contributed by atoms with E-state index in [0.29, 0.717) is 12.8 Å². The maximum absolute atomic E-state index is 12.8. The van der Waals surface area contributed by atoms with Crippen molar-refractivity contribution in [3.8, 4) is 0 Å². The third-order valence-corrected chi connectivity index (χ3v) is 6.04. The van der Waals surface area contributed by atoms with Crippen LogP contribution in [0.3, 0.4) is 0 Å². The van der Waals surface area contributed by atoms with Crippen molar-refractivity contribution in [2.75, 3.05) is 4.90 Å². The molecule has 6 heteroatoms. The predicted octanol–water partition coefficient (Wildman–Crippen LogP) is 4.93. The van der Waals surface area contributed by atoms with Crippen molar-refractivity contribution in [2.24, 2.45) is 0 Å². The third-order valence-electron chi connectivity index (χ3n) is 6.04. The average Bonchev–Trinajstić information content (AvgIpc) is 2.76. The average molecular weight is 388 g/mol. The number of hydrogen-bond acceptors (Lipinski definition) is 2. The molecule has 2 aliphatic heterocycles. The Hall–Kier alpha value is -2.50. The number of amides is 1. The van der Waals surface area contributed by atoms with Crippen LogP contribution in [0.25, 0.3) is 0 Å². The zero-order valence-corrected chi connectivity index (χ0v) is 15.8. The van der Waals surface area contributed by atoms with Gasteiger partial charge in [0.1, 0.15) is 0 Å². The van der Waals surface area contributed by atoms with Gasteiger partial charge in [0.25, 0.3) is 0 Å². The zero-order valence-electron chi connectivity index (χ0n) is 15.8. The van der Waals surface area contributed by atoms with E-state index in [0.717, 1.165) is 11.3 Å². The van der Waals surface area contributed by atoms with E-state index in [9.17, 15) is 18.0 Å². The number of rotatable bonds is 1. The van der Waals surface area contributed by atoms with Gasteiger partial charge in [-0.25, -0.2) is 0 Å². The lowest BCUT2D eigenvalue weighted by molar-refractivity contribution is -0.174. The topological polar surface area (TPSA) is 32.3 Å². The summed E-state index contributed by atoms with van der Waals surface area (Å²) in [6.07, 6.45) is -3.93. The summed E-state index contributed by atoms with van der Waals surface area (Å²) in [5, 5.41) is 2.22. The third kappa shape index (κ3) is 3.15. The first-order valence-electron chi connectivity index (χ1n) is 9.61. The molecule has 2 aliphatic rings. The Balaban J connectivity index is 1.76. The lowest BCUT2D eigenvalue weighted by Gasteiger charge is -2.46. The van der Waals surface area contributed by atoms with Crippen LogP contribution in [0, 0.1) is 0 Å². The van der Waals surface area contributed by atoms with Crippen LogP contribution in [0.5, 0.6) is 0 Å². The van der Waals surface area contributed by atoms with Crippen molar-refractivity contribution >= 4 is 11.6 Å². The van der Waals surface area contributed by atoms with Crippen molar-refractivity contribution in [3.63, 3.8) is 0 Å². The number of piperidine rings is 1. The first-order valence-corrected chi connectivity index (χ1v) is 9.61. The fraction of sp³-hybridized carbons (Fsp3) is 0.409. The molecule has 2 heterocycles. The number of nitrogens with zero attached hydrogens (tertiary/aromatic N) is 1. The number of halogens is 3. The number of alkyl halides is 3. The van der Waals surface area contributed by atoms with Gasteiger partial charge in [-0.05, 0) is 42.5 Å². The standard InChI is InChI=1S/C22H23F3N2O/c1-13-11-15(26-21(28)22(23,24)25)12-20-18-9-4-3-7-16(18)14(2)17-8-5-6-10-19(17)27(13)20/h3-10,13-15,20H,11-12H2,1-2H3,(H,26,28)/t13-,14+,15+,20+/m0/s1. The highest BCUT2D eigenvalue weighted by Gasteiger charge is 2.44. The number of carbonyl (C=O) groups is 1. The van der Waals surface area contributed by atoms with E-state index in [1.807, 2.05) is 31.2 Å². The Kier molecular flexibility index (Phi) is 4.60. The maximum Gasteiger partial charge on any atom is 0.471 e. The Morgan fingerprint density at radius 2 is 1.57 bits per heavy atom. The van der Waals surface area contributed by atoms with Crippen molar-refractivity contribution < 1.29 is 18.0 Å². The van der Waals surface area contributed by atoms with Gasteiger partial charge in [0.15, 0.2) is 0 Å². The molecule has 1 saturated heterocycles. The van der Waals surface area contributed by atoms with Gasteiger partial charge in [0.05, 0.1) is 6.04 Å². The number of benzene rings is 2.